The van der Waals surface area contributed by atoms with Gasteiger partial charge in [0.15, 0.2) is 11.0 Å². The summed E-state index contributed by atoms with van der Waals surface area (Å²) < 4.78 is 41.0. The maximum absolute atomic E-state index is 13.0. The molecule has 0 aliphatic rings. The Balaban J connectivity index is 1.70. The van der Waals surface area contributed by atoms with Crippen LogP contribution in [0.15, 0.2) is 84.0 Å². The van der Waals surface area contributed by atoms with Gasteiger partial charge in [-0.1, -0.05) is 72.4 Å². The molecule has 0 fully saturated rings. The molecule has 3 aromatic carbocycles. The molecule has 0 N–H and O–H groups in total. The quantitative estimate of drug-likeness (QED) is 0.340. The van der Waals surface area contributed by atoms with E-state index in [1.807, 2.05) is 66.1 Å². The highest BCUT2D eigenvalue weighted by Gasteiger charge is 2.30. The highest BCUT2D eigenvalue weighted by atomic mass is 32.2. The summed E-state index contributed by atoms with van der Waals surface area (Å²) in [5.74, 6) is 1.05. The molecule has 0 spiro atoms. The number of rotatable bonds is 5. The zero-order chi connectivity index (χ0) is 21.1. The molecule has 4 aromatic rings. The predicted octanol–water partition coefficient (Wildman–Crippen LogP) is 6.55. The van der Waals surface area contributed by atoms with Crippen molar-refractivity contribution < 1.29 is 13.2 Å². The van der Waals surface area contributed by atoms with E-state index in [9.17, 15) is 13.2 Å². The van der Waals surface area contributed by atoms with Crippen molar-refractivity contribution in [3.05, 3.63) is 95.6 Å². The first-order valence-electron chi connectivity index (χ1n) is 9.29. The van der Waals surface area contributed by atoms with E-state index in [2.05, 4.69) is 10.2 Å². The van der Waals surface area contributed by atoms with Crippen molar-refractivity contribution in [1.82, 2.24) is 14.8 Å². The van der Waals surface area contributed by atoms with Crippen molar-refractivity contribution in [2.45, 2.75) is 24.0 Å². The van der Waals surface area contributed by atoms with Gasteiger partial charge in [-0.05, 0) is 36.2 Å². The number of benzene rings is 3. The normalized spacial score (nSPS) is 11.6. The maximum atomic E-state index is 13.0. The zero-order valence-electron chi connectivity index (χ0n) is 16.1. The Bertz CT molecular complexity index is 1150. The first-order valence-corrected chi connectivity index (χ1v) is 10.3. The molecular formula is C23H18F3N3S. The van der Waals surface area contributed by atoms with E-state index in [0.29, 0.717) is 22.3 Å². The standard InChI is InChI=1S/C23H18F3N3S/c1-16-8-5-6-13-20(16)21-27-28-22(29(21)19-11-3-2-4-12-19)30-15-17-9-7-10-18(14-17)23(24,25)26/h2-14H,15H2,1H3. The topological polar surface area (TPSA) is 30.7 Å². The molecule has 4 rings (SSSR count). The fourth-order valence-corrected chi connectivity index (χ4v) is 4.05. The van der Waals surface area contributed by atoms with Crippen LogP contribution in [0.5, 0.6) is 0 Å². The van der Waals surface area contributed by atoms with Gasteiger partial charge in [0, 0.05) is 17.0 Å². The summed E-state index contributed by atoms with van der Waals surface area (Å²) >= 11 is 1.36. The second-order valence-corrected chi connectivity index (χ2v) is 7.72. The van der Waals surface area contributed by atoms with Gasteiger partial charge >= 0.3 is 6.18 Å². The lowest BCUT2D eigenvalue weighted by Gasteiger charge is -2.12. The Labute approximate surface area is 176 Å². The molecule has 0 unspecified atom stereocenters. The molecule has 1 heterocycles. The first kappa shape index (κ1) is 20.2. The summed E-state index contributed by atoms with van der Waals surface area (Å²) in [4.78, 5) is 0. The Morgan fingerprint density at radius 1 is 0.867 bits per heavy atom. The van der Waals surface area contributed by atoms with Crippen molar-refractivity contribution in [3.8, 4) is 17.1 Å². The third-order valence-corrected chi connectivity index (χ3v) is 5.66. The van der Waals surface area contributed by atoms with Crippen molar-refractivity contribution in [2.75, 3.05) is 0 Å². The minimum absolute atomic E-state index is 0.350. The summed E-state index contributed by atoms with van der Waals surface area (Å²) in [6.07, 6.45) is -4.36. The van der Waals surface area contributed by atoms with Gasteiger partial charge in [-0.25, -0.2) is 0 Å². The fraction of sp³-hybridized carbons (Fsp3) is 0.130. The number of hydrogen-bond donors (Lipinski definition) is 0. The van der Waals surface area contributed by atoms with Crippen LogP contribution in [0.1, 0.15) is 16.7 Å². The molecule has 0 atom stereocenters. The van der Waals surface area contributed by atoms with Gasteiger partial charge in [-0.15, -0.1) is 10.2 Å². The minimum Gasteiger partial charge on any atom is -0.270 e. The molecule has 0 bridgehead atoms. The van der Waals surface area contributed by atoms with Crippen LogP contribution in [-0.4, -0.2) is 14.8 Å². The molecule has 0 saturated heterocycles. The van der Waals surface area contributed by atoms with E-state index in [-0.39, 0.29) is 0 Å². The van der Waals surface area contributed by atoms with Crippen LogP contribution in [0, 0.1) is 6.92 Å². The Kier molecular flexibility index (Phi) is 5.63. The molecule has 0 aliphatic heterocycles. The van der Waals surface area contributed by atoms with Gasteiger partial charge in [0.2, 0.25) is 0 Å². The highest BCUT2D eigenvalue weighted by molar-refractivity contribution is 7.98. The molecule has 3 nitrogen and oxygen atoms in total. The van der Waals surface area contributed by atoms with Gasteiger partial charge in [-0.2, -0.15) is 13.2 Å². The van der Waals surface area contributed by atoms with Crippen LogP contribution in [0.2, 0.25) is 0 Å². The van der Waals surface area contributed by atoms with Gasteiger partial charge in [-0.3, -0.25) is 4.57 Å². The lowest BCUT2D eigenvalue weighted by Crippen LogP contribution is -2.05. The lowest BCUT2D eigenvalue weighted by molar-refractivity contribution is -0.137. The van der Waals surface area contributed by atoms with Crippen LogP contribution >= 0.6 is 11.8 Å². The number of halogens is 3. The number of nitrogens with zero attached hydrogens (tertiary/aromatic N) is 3. The van der Waals surface area contributed by atoms with Crippen LogP contribution in [0.3, 0.4) is 0 Å². The van der Waals surface area contributed by atoms with Crippen molar-refractivity contribution in [3.63, 3.8) is 0 Å². The van der Waals surface area contributed by atoms with E-state index in [4.69, 9.17) is 0 Å². The molecule has 7 heteroatoms. The van der Waals surface area contributed by atoms with Crippen LogP contribution in [0.4, 0.5) is 13.2 Å². The number of aromatic nitrogens is 3. The Morgan fingerprint density at radius 3 is 2.33 bits per heavy atom. The van der Waals surface area contributed by atoms with Crippen LogP contribution in [-0.2, 0) is 11.9 Å². The summed E-state index contributed by atoms with van der Waals surface area (Å²) in [5, 5.41) is 9.38. The Hall–Kier alpha value is -3.06. The van der Waals surface area contributed by atoms with Crippen LogP contribution in [0.25, 0.3) is 17.1 Å². The number of thioether (sulfide) groups is 1. The largest absolute Gasteiger partial charge is 0.416 e. The summed E-state index contributed by atoms with van der Waals surface area (Å²) in [6, 6.07) is 23.0. The van der Waals surface area contributed by atoms with Crippen molar-refractivity contribution in [1.29, 1.82) is 0 Å². The van der Waals surface area contributed by atoms with E-state index >= 15 is 0 Å². The molecule has 1 aromatic heterocycles. The second-order valence-electron chi connectivity index (χ2n) is 6.78. The van der Waals surface area contributed by atoms with Crippen molar-refractivity contribution >= 4 is 11.8 Å². The minimum atomic E-state index is -4.36. The summed E-state index contributed by atoms with van der Waals surface area (Å²) in [5.41, 5.74) is 2.85. The first-order chi connectivity index (χ1) is 14.4. The third-order valence-electron chi connectivity index (χ3n) is 4.66. The number of aryl methyl sites for hydroxylation is 1. The molecule has 0 radical (unpaired) electrons. The van der Waals surface area contributed by atoms with Gasteiger partial charge in [0.25, 0.3) is 0 Å². The average molecular weight is 425 g/mol. The number of alkyl halides is 3. The zero-order valence-corrected chi connectivity index (χ0v) is 16.9. The maximum Gasteiger partial charge on any atom is 0.416 e. The van der Waals surface area contributed by atoms with Gasteiger partial charge < -0.3 is 0 Å². The molecule has 152 valence electrons. The second kappa shape index (κ2) is 8.36. The molecular weight excluding hydrogens is 407 g/mol. The molecule has 30 heavy (non-hydrogen) atoms. The monoisotopic (exact) mass is 425 g/mol. The summed E-state index contributed by atoms with van der Waals surface area (Å²) in [6.45, 7) is 2.01. The van der Waals surface area contributed by atoms with E-state index in [0.717, 1.165) is 22.9 Å². The molecule has 0 amide bonds. The third kappa shape index (κ3) is 4.26. The Morgan fingerprint density at radius 2 is 1.60 bits per heavy atom. The smallest absolute Gasteiger partial charge is 0.270 e. The van der Waals surface area contributed by atoms with Crippen molar-refractivity contribution in [2.24, 2.45) is 0 Å². The van der Waals surface area contributed by atoms with E-state index in [1.165, 1.54) is 23.9 Å². The summed E-state index contributed by atoms with van der Waals surface area (Å²) in [7, 11) is 0. The lowest BCUT2D eigenvalue weighted by atomic mass is 10.1. The highest BCUT2D eigenvalue weighted by Crippen LogP contribution is 2.33. The van der Waals surface area contributed by atoms with Gasteiger partial charge in [0.1, 0.15) is 0 Å². The van der Waals surface area contributed by atoms with Gasteiger partial charge in [0.05, 0.1) is 5.56 Å². The predicted molar refractivity (Wildman–Crippen MR) is 113 cm³/mol. The number of hydrogen-bond acceptors (Lipinski definition) is 3. The molecule has 0 saturated carbocycles. The van der Waals surface area contributed by atoms with E-state index in [1.54, 1.807) is 6.07 Å². The van der Waals surface area contributed by atoms with Crippen LogP contribution < -0.4 is 0 Å². The SMILES string of the molecule is Cc1ccccc1-c1nnc(SCc2cccc(C(F)(F)F)c2)n1-c1ccccc1. The number of para-hydroxylation sites is 1. The fourth-order valence-electron chi connectivity index (χ4n) is 3.16. The molecule has 0 aliphatic carbocycles. The average Bonchev–Trinajstić information content (AvgIpc) is 3.16. The van der Waals surface area contributed by atoms with E-state index < -0.39 is 11.7 Å².